The highest BCUT2D eigenvalue weighted by molar-refractivity contribution is 5.92. The van der Waals surface area contributed by atoms with Crippen molar-refractivity contribution in [3.63, 3.8) is 0 Å². The van der Waals surface area contributed by atoms with Gasteiger partial charge in [-0.25, -0.2) is 4.79 Å². The van der Waals surface area contributed by atoms with E-state index in [4.69, 9.17) is 14.0 Å². The topological polar surface area (TPSA) is 81.9 Å². The summed E-state index contributed by atoms with van der Waals surface area (Å²) in [6.45, 7) is 9.76. The highest BCUT2D eigenvalue weighted by Gasteiger charge is 2.33. The first kappa shape index (κ1) is 21.9. The Morgan fingerprint density at radius 1 is 1.17 bits per heavy atom. The van der Waals surface area contributed by atoms with Gasteiger partial charge in [-0.15, -0.1) is 0 Å². The number of amides is 1. The average molecular weight is 415 g/mol. The quantitative estimate of drug-likeness (QED) is 0.659. The standard InChI is InChI=1S/C23H30N2O5/c1-14-7-6-8-15(2)25(14)22(26)18(5)29-23(27)19-9-11-20(12-10-19)28-13-21-16(3)24-30-17(21)4/h9-12,14-15,18H,6-8,13H2,1-5H3/t14-,15-,18-/m0/s1. The molecule has 1 saturated heterocycles. The molecule has 162 valence electrons. The molecule has 3 rings (SSSR count). The van der Waals surface area contributed by atoms with E-state index < -0.39 is 12.1 Å². The minimum atomic E-state index is -0.823. The van der Waals surface area contributed by atoms with Crippen LogP contribution in [0.5, 0.6) is 5.75 Å². The van der Waals surface area contributed by atoms with Gasteiger partial charge in [-0.2, -0.15) is 0 Å². The lowest BCUT2D eigenvalue weighted by Crippen LogP contribution is -2.51. The van der Waals surface area contributed by atoms with Crippen molar-refractivity contribution in [1.29, 1.82) is 0 Å². The van der Waals surface area contributed by atoms with Crippen molar-refractivity contribution in [2.45, 2.75) is 78.7 Å². The summed E-state index contributed by atoms with van der Waals surface area (Å²) in [5, 5.41) is 3.90. The number of aryl methyl sites for hydroxylation is 2. The number of hydrogen-bond acceptors (Lipinski definition) is 6. The molecule has 1 amide bonds. The van der Waals surface area contributed by atoms with Crippen molar-refractivity contribution in [3.8, 4) is 5.75 Å². The van der Waals surface area contributed by atoms with Gasteiger partial charge in [-0.05, 0) is 78.1 Å². The number of nitrogens with zero attached hydrogens (tertiary/aromatic N) is 2. The van der Waals surface area contributed by atoms with Gasteiger partial charge in [0.15, 0.2) is 6.10 Å². The first-order chi connectivity index (χ1) is 14.3. The summed E-state index contributed by atoms with van der Waals surface area (Å²) in [5.41, 5.74) is 2.08. The van der Waals surface area contributed by atoms with Crippen LogP contribution in [0.25, 0.3) is 0 Å². The smallest absolute Gasteiger partial charge is 0.338 e. The molecule has 1 aromatic carbocycles. The zero-order valence-electron chi connectivity index (χ0n) is 18.3. The number of hydrogen-bond donors (Lipinski definition) is 0. The molecule has 3 atom stereocenters. The fourth-order valence-corrected chi connectivity index (χ4v) is 3.90. The molecule has 0 unspecified atom stereocenters. The van der Waals surface area contributed by atoms with E-state index in [0.29, 0.717) is 17.9 Å². The molecule has 30 heavy (non-hydrogen) atoms. The molecule has 2 heterocycles. The van der Waals surface area contributed by atoms with E-state index in [1.807, 2.05) is 32.6 Å². The van der Waals surface area contributed by atoms with Crippen LogP contribution in [0.4, 0.5) is 0 Å². The zero-order valence-corrected chi connectivity index (χ0v) is 18.3. The zero-order chi connectivity index (χ0) is 21.8. The molecular weight excluding hydrogens is 384 g/mol. The van der Waals surface area contributed by atoms with E-state index in [1.54, 1.807) is 31.2 Å². The maximum atomic E-state index is 12.8. The van der Waals surface area contributed by atoms with Crippen LogP contribution in [0.3, 0.4) is 0 Å². The van der Waals surface area contributed by atoms with Crippen LogP contribution in [0, 0.1) is 13.8 Å². The molecule has 7 heteroatoms. The third-order valence-corrected chi connectivity index (χ3v) is 5.73. The van der Waals surface area contributed by atoms with Gasteiger partial charge in [0.2, 0.25) is 0 Å². The van der Waals surface area contributed by atoms with Crippen molar-refractivity contribution in [3.05, 3.63) is 46.8 Å². The lowest BCUT2D eigenvalue weighted by molar-refractivity contribution is -0.146. The fourth-order valence-electron chi connectivity index (χ4n) is 3.90. The van der Waals surface area contributed by atoms with Crippen molar-refractivity contribution in [1.82, 2.24) is 10.1 Å². The molecule has 7 nitrogen and oxygen atoms in total. The summed E-state index contributed by atoms with van der Waals surface area (Å²) in [7, 11) is 0. The number of piperidine rings is 1. The Balaban J connectivity index is 1.57. The number of aromatic nitrogens is 1. The molecule has 0 spiro atoms. The first-order valence-corrected chi connectivity index (χ1v) is 10.5. The average Bonchev–Trinajstić information content (AvgIpc) is 3.04. The Morgan fingerprint density at radius 3 is 2.37 bits per heavy atom. The predicted molar refractivity (Wildman–Crippen MR) is 111 cm³/mol. The van der Waals surface area contributed by atoms with Crippen LogP contribution in [0.1, 0.15) is 67.4 Å². The molecule has 1 fully saturated rings. The predicted octanol–water partition coefficient (Wildman–Crippen LogP) is 4.21. The van der Waals surface area contributed by atoms with Crippen molar-refractivity contribution in [2.75, 3.05) is 0 Å². The second kappa shape index (κ2) is 9.32. The monoisotopic (exact) mass is 414 g/mol. The molecule has 2 aromatic rings. The van der Waals surface area contributed by atoms with Crippen LogP contribution >= 0.6 is 0 Å². The summed E-state index contributed by atoms with van der Waals surface area (Å²) in [4.78, 5) is 27.2. The molecule has 0 radical (unpaired) electrons. The molecule has 1 aliphatic heterocycles. The van der Waals surface area contributed by atoms with Crippen LogP contribution in [-0.4, -0.2) is 40.1 Å². The number of carbonyl (C=O) groups excluding carboxylic acids is 2. The number of ether oxygens (including phenoxy) is 2. The van der Waals surface area contributed by atoms with Gasteiger partial charge < -0.3 is 18.9 Å². The van der Waals surface area contributed by atoms with Gasteiger partial charge in [0, 0.05) is 12.1 Å². The van der Waals surface area contributed by atoms with Gasteiger partial charge in [0.05, 0.1) is 16.8 Å². The summed E-state index contributed by atoms with van der Waals surface area (Å²) in [6.07, 6.45) is 2.25. The maximum Gasteiger partial charge on any atom is 0.338 e. The fraction of sp³-hybridized carbons (Fsp3) is 0.522. The Hall–Kier alpha value is -2.83. The van der Waals surface area contributed by atoms with Crippen molar-refractivity contribution >= 4 is 11.9 Å². The molecular formula is C23H30N2O5. The van der Waals surface area contributed by atoms with Gasteiger partial charge in [0.1, 0.15) is 18.1 Å². The lowest BCUT2D eigenvalue weighted by atomic mass is 9.97. The number of likely N-dealkylation sites (tertiary alicyclic amines) is 1. The Kier molecular flexibility index (Phi) is 6.80. The van der Waals surface area contributed by atoms with Crippen LogP contribution in [0.2, 0.25) is 0 Å². The highest BCUT2D eigenvalue weighted by Crippen LogP contribution is 2.24. The summed E-state index contributed by atoms with van der Waals surface area (Å²) in [5.74, 6) is 0.684. The lowest BCUT2D eigenvalue weighted by Gasteiger charge is -2.40. The second-order valence-corrected chi connectivity index (χ2v) is 8.04. The Morgan fingerprint density at radius 2 is 1.80 bits per heavy atom. The van der Waals surface area contributed by atoms with Gasteiger partial charge in [-0.3, -0.25) is 4.79 Å². The maximum absolute atomic E-state index is 12.8. The number of esters is 1. The van der Waals surface area contributed by atoms with Gasteiger partial charge in [0.25, 0.3) is 5.91 Å². The molecule has 0 bridgehead atoms. The van der Waals surface area contributed by atoms with Crippen molar-refractivity contribution < 1.29 is 23.6 Å². The van der Waals surface area contributed by atoms with Gasteiger partial charge >= 0.3 is 5.97 Å². The largest absolute Gasteiger partial charge is 0.489 e. The Labute approximate surface area is 177 Å². The van der Waals surface area contributed by atoms with Crippen LogP contribution in [-0.2, 0) is 16.1 Å². The number of benzene rings is 1. The summed E-state index contributed by atoms with van der Waals surface area (Å²) >= 11 is 0. The summed E-state index contributed by atoms with van der Waals surface area (Å²) < 4.78 is 16.3. The third kappa shape index (κ3) is 4.83. The molecule has 0 aliphatic carbocycles. The van der Waals surface area contributed by atoms with E-state index >= 15 is 0 Å². The third-order valence-electron chi connectivity index (χ3n) is 5.73. The summed E-state index contributed by atoms with van der Waals surface area (Å²) in [6, 6.07) is 7.00. The van der Waals surface area contributed by atoms with E-state index in [0.717, 1.165) is 36.3 Å². The van der Waals surface area contributed by atoms with Crippen LogP contribution in [0.15, 0.2) is 28.8 Å². The molecule has 1 aromatic heterocycles. The van der Waals surface area contributed by atoms with E-state index in [9.17, 15) is 9.59 Å². The van der Waals surface area contributed by atoms with Crippen molar-refractivity contribution in [2.24, 2.45) is 0 Å². The first-order valence-electron chi connectivity index (χ1n) is 10.5. The normalized spacial score (nSPS) is 20.0. The molecule has 1 aliphatic rings. The minimum absolute atomic E-state index is 0.137. The van der Waals surface area contributed by atoms with Crippen LogP contribution < -0.4 is 4.74 Å². The number of rotatable bonds is 6. The second-order valence-electron chi connectivity index (χ2n) is 8.04. The van der Waals surface area contributed by atoms with E-state index in [1.165, 1.54) is 0 Å². The van der Waals surface area contributed by atoms with E-state index in [-0.39, 0.29) is 18.0 Å². The minimum Gasteiger partial charge on any atom is -0.489 e. The van der Waals surface area contributed by atoms with E-state index in [2.05, 4.69) is 5.16 Å². The number of carbonyl (C=O) groups is 2. The SMILES string of the molecule is Cc1noc(C)c1COc1ccc(C(=O)O[C@@H](C)C(=O)N2[C@@H](C)CCC[C@@H]2C)cc1. The highest BCUT2D eigenvalue weighted by atomic mass is 16.5. The molecule has 0 N–H and O–H groups in total. The Bertz CT molecular complexity index is 860. The van der Waals surface area contributed by atoms with Gasteiger partial charge in [-0.1, -0.05) is 5.16 Å². The molecule has 0 saturated carbocycles.